The third-order valence-corrected chi connectivity index (χ3v) is 3.74. The minimum atomic E-state index is -3.08. The van der Waals surface area contributed by atoms with Crippen LogP contribution in [0.4, 0.5) is 0 Å². The molecule has 19 heavy (non-hydrogen) atoms. The van der Waals surface area contributed by atoms with Crippen molar-refractivity contribution in [2.75, 3.05) is 25.9 Å². The number of hydrogen-bond donors (Lipinski definition) is 3. The van der Waals surface area contributed by atoms with Gasteiger partial charge in [-0.2, -0.15) is 0 Å². The van der Waals surface area contributed by atoms with Crippen molar-refractivity contribution < 1.29 is 8.42 Å². The van der Waals surface area contributed by atoms with Crippen molar-refractivity contribution in [3.8, 4) is 0 Å². The van der Waals surface area contributed by atoms with Crippen LogP contribution in [0.1, 0.15) is 39.0 Å². The molecule has 6 nitrogen and oxygen atoms in total. The van der Waals surface area contributed by atoms with Gasteiger partial charge in [-0.3, -0.25) is 4.99 Å². The number of hydrogen-bond acceptors (Lipinski definition) is 3. The molecule has 7 heteroatoms. The first-order chi connectivity index (χ1) is 9.01. The second-order valence-electron chi connectivity index (χ2n) is 4.91. The van der Waals surface area contributed by atoms with Crippen LogP contribution in [0.3, 0.4) is 0 Å². The smallest absolute Gasteiger partial charge is 0.208 e. The topological polar surface area (TPSA) is 82.6 Å². The zero-order chi connectivity index (χ0) is 14.1. The summed E-state index contributed by atoms with van der Waals surface area (Å²) in [5.74, 6) is 0.841. The van der Waals surface area contributed by atoms with Gasteiger partial charge in [-0.05, 0) is 26.2 Å². The Morgan fingerprint density at radius 2 is 2.00 bits per heavy atom. The summed E-state index contributed by atoms with van der Waals surface area (Å²) < 4.78 is 24.2. The molecule has 0 aromatic rings. The van der Waals surface area contributed by atoms with E-state index in [0.717, 1.165) is 12.5 Å². The van der Waals surface area contributed by atoms with Gasteiger partial charge in [-0.25, -0.2) is 13.1 Å². The van der Waals surface area contributed by atoms with Crippen LogP contribution in [0.15, 0.2) is 4.99 Å². The fourth-order valence-corrected chi connectivity index (χ4v) is 2.63. The van der Waals surface area contributed by atoms with Crippen LogP contribution in [0.2, 0.25) is 0 Å². The van der Waals surface area contributed by atoms with Crippen molar-refractivity contribution in [2.45, 2.75) is 45.1 Å². The monoisotopic (exact) mass is 290 g/mol. The van der Waals surface area contributed by atoms with E-state index in [9.17, 15) is 8.42 Å². The second kappa shape index (κ2) is 8.37. The number of nitrogens with one attached hydrogen (secondary N) is 3. The summed E-state index contributed by atoms with van der Waals surface area (Å²) in [6.07, 6.45) is 6.86. The molecule has 0 aromatic carbocycles. The molecule has 0 unspecified atom stereocenters. The van der Waals surface area contributed by atoms with E-state index in [-0.39, 0.29) is 0 Å². The minimum absolute atomic E-state index is 0.436. The zero-order valence-electron chi connectivity index (χ0n) is 11.9. The van der Waals surface area contributed by atoms with Gasteiger partial charge < -0.3 is 10.6 Å². The largest absolute Gasteiger partial charge is 0.357 e. The van der Waals surface area contributed by atoms with Crippen LogP contribution in [-0.2, 0) is 10.0 Å². The SMILES string of the molecule is CCNC(=NCCCNS(C)(=O)=O)NC1CCCC1. The third-order valence-electron chi connectivity index (χ3n) is 3.01. The Morgan fingerprint density at radius 1 is 1.32 bits per heavy atom. The molecule has 0 amide bonds. The number of guanidine groups is 1. The van der Waals surface area contributed by atoms with E-state index in [1.165, 1.54) is 31.9 Å². The van der Waals surface area contributed by atoms with Crippen molar-refractivity contribution in [1.82, 2.24) is 15.4 Å². The molecule has 0 saturated heterocycles. The summed E-state index contributed by atoms with van der Waals surface area (Å²) in [6.45, 7) is 3.92. The van der Waals surface area contributed by atoms with E-state index in [2.05, 4.69) is 20.3 Å². The van der Waals surface area contributed by atoms with Crippen LogP contribution in [0.5, 0.6) is 0 Å². The van der Waals surface area contributed by atoms with Crippen molar-refractivity contribution in [3.63, 3.8) is 0 Å². The Morgan fingerprint density at radius 3 is 2.58 bits per heavy atom. The lowest BCUT2D eigenvalue weighted by Crippen LogP contribution is -2.42. The lowest BCUT2D eigenvalue weighted by molar-refractivity contribution is 0.585. The van der Waals surface area contributed by atoms with Crippen LogP contribution in [0, 0.1) is 0 Å². The predicted molar refractivity (Wildman–Crippen MR) is 78.8 cm³/mol. The van der Waals surface area contributed by atoms with Gasteiger partial charge in [-0.15, -0.1) is 0 Å². The molecule has 0 bridgehead atoms. The van der Waals surface area contributed by atoms with E-state index in [0.29, 0.717) is 25.6 Å². The van der Waals surface area contributed by atoms with Crippen molar-refractivity contribution in [3.05, 3.63) is 0 Å². The van der Waals surface area contributed by atoms with E-state index in [4.69, 9.17) is 0 Å². The molecule has 1 aliphatic carbocycles. The Kier molecular flexibility index (Phi) is 7.15. The van der Waals surface area contributed by atoms with Crippen LogP contribution < -0.4 is 15.4 Å². The first-order valence-corrected chi connectivity index (χ1v) is 8.90. The fraction of sp³-hybridized carbons (Fsp3) is 0.917. The summed E-state index contributed by atoms with van der Waals surface area (Å²) in [7, 11) is -3.08. The maximum Gasteiger partial charge on any atom is 0.208 e. The number of aliphatic imine (C=N–C) groups is 1. The molecule has 0 atom stereocenters. The van der Waals surface area contributed by atoms with Crippen LogP contribution in [0.25, 0.3) is 0 Å². The number of rotatable bonds is 7. The average Bonchev–Trinajstić information content (AvgIpc) is 2.80. The van der Waals surface area contributed by atoms with Gasteiger partial charge >= 0.3 is 0 Å². The molecule has 1 saturated carbocycles. The summed E-state index contributed by atoms with van der Waals surface area (Å²) in [6, 6.07) is 0.534. The highest BCUT2D eigenvalue weighted by atomic mass is 32.2. The fourth-order valence-electron chi connectivity index (χ4n) is 2.11. The third kappa shape index (κ3) is 8.05. The highest BCUT2D eigenvalue weighted by Crippen LogP contribution is 2.17. The summed E-state index contributed by atoms with van der Waals surface area (Å²) in [4.78, 5) is 4.46. The van der Waals surface area contributed by atoms with Crippen LogP contribution >= 0.6 is 0 Å². The standard InChI is InChI=1S/C12H26N4O2S/c1-3-13-12(16-11-7-4-5-8-11)14-9-6-10-15-19(2,17)18/h11,15H,3-10H2,1-2H3,(H2,13,14,16). The first kappa shape index (κ1) is 16.2. The molecular weight excluding hydrogens is 264 g/mol. The van der Waals surface area contributed by atoms with Crippen LogP contribution in [-0.4, -0.2) is 46.3 Å². The second-order valence-corrected chi connectivity index (χ2v) is 6.74. The maximum absolute atomic E-state index is 10.9. The molecule has 112 valence electrons. The average molecular weight is 290 g/mol. The molecule has 0 spiro atoms. The molecule has 1 aliphatic rings. The number of sulfonamides is 1. The first-order valence-electron chi connectivity index (χ1n) is 7.00. The highest BCUT2D eigenvalue weighted by Gasteiger charge is 2.15. The van der Waals surface area contributed by atoms with Gasteiger partial charge in [0.1, 0.15) is 0 Å². The Labute approximate surface area is 116 Å². The van der Waals surface area contributed by atoms with Crippen molar-refractivity contribution in [2.24, 2.45) is 4.99 Å². The van der Waals surface area contributed by atoms with E-state index < -0.39 is 10.0 Å². The molecular formula is C12H26N4O2S. The Balaban J connectivity index is 2.27. The Bertz CT molecular complexity index is 375. The van der Waals surface area contributed by atoms with Gasteiger partial charge in [0.15, 0.2) is 5.96 Å². The Hall–Kier alpha value is -0.820. The molecule has 1 rings (SSSR count). The molecule has 3 N–H and O–H groups in total. The number of nitrogens with zero attached hydrogens (tertiary/aromatic N) is 1. The minimum Gasteiger partial charge on any atom is -0.357 e. The predicted octanol–water partition coefficient (Wildman–Crippen LogP) is 0.423. The van der Waals surface area contributed by atoms with Gasteiger partial charge in [0, 0.05) is 25.7 Å². The zero-order valence-corrected chi connectivity index (χ0v) is 12.7. The molecule has 1 fully saturated rings. The summed E-state index contributed by atoms with van der Waals surface area (Å²) >= 11 is 0. The molecule has 0 aromatic heterocycles. The van der Waals surface area contributed by atoms with Gasteiger partial charge in [0.05, 0.1) is 6.26 Å². The quantitative estimate of drug-likeness (QED) is 0.361. The van der Waals surface area contributed by atoms with E-state index in [1.807, 2.05) is 6.92 Å². The highest BCUT2D eigenvalue weighted by molar-refractivity contribution is 7.88. The lowest BCUT2D eigenvalue weighted by atomic mass is 10.2. The molecule has 0 radical (unpaired) electrons. The van der Waals surface area contributed by atoms with E-state index >= 15 is 0 Å². The summed E-state index contributed by atoms with van der Waals surface area (Å²) in [5.41, 5.74) is 0. The van der Waals surface area contributed by atoms with E-state index in [1.54, 1.807) is 0 Å². The molecule has 0 aliphatic heterocycles. The molecule has 0 heterocycles. The van der Waals surface area contributed by atoms with Crippen molar-refractivity contribution in [1.29, 1.82) is 0 Å². The van der Waals surface area contributed by atoms with Gasteiger partial charge in [-0.1, -0.05) is 12.8 Å². The lowest BCUT2D eigenvalue weighted by Gasteiger charge is -2.16. The normalized spacial score (nSPS) is 17.7. The van der Waals surface area contributed by atoms with Gasteiger partial charge in [0.25, 0.3) is 0 Å². The van der Waals surface area contributed by atoms with Gasteiger partial charge in [0.2, 0.25) is 10.0 Å². The maximum atomic E-state index is 10.9. The summed E-state index contributed by atoms with van der Waals surface area (Å²) in [5, 5.41) is 6.64. The van der Waals surface area contributed by atoms with Crippen molar-refractivity contribution >= 4 is 16.0 Å².